The highest BCUT2D eigenvalue weighted by Gasteiger charge is 2.44. The summed E-state index contributed by atoms with van der Waals surface area (Å²) < 4.78 is 24.5. The van der Waals surface area contributed by atoms with Crippen LogP contribution in [0.5, 0.6) is 5.88 Å². The lowest BCUT2D eigenvalue weighted by atomic mass is 9.88. The molecule has 0 aliphatic carbocycles. The standard InChI is InChI=1S/C19H21ClFN3O2/c1-4-24(3)12-23-17-7-13(2)15(8-16(17)20)19(10-25-11-19)26-18-6-5-14(21)9-22-18/h5-9,12H,4,10-11H2,1-3H3. The number of benzene rings is 1. The van der Waals surface area contributed by atoms with Gasteiger partial charge in [0.1, 0.15) is 5.82 Å². The predicted octanol–water partition coefficient (Wildman–Crippen LogP) is 4.10. The quantitative estimate of drug-likeness (QED) is 0.561. The molecular weight excluding hydrogens is 357 g/mol. The summed E-state index contributed by atoms with van der Waals surface area (Å²) in [6.45, 7) is 5.64. The molecule has 0 amide bonds. The molecule has 1 saturated heterocycles. The summed E-state index contributed by atoms with van der Waals surface area (Å²) in [6.07, 6.45) is 2.88. The third kappa shape index (κ3) is 3.81. The van der Waals surface area contributed by atoms with Crippen molar-refractivity contribution in [3.05, 3.63) is 52.4 Å². The third-order valence-corrected chi connectivity index (χ3v) is 4.65. The molecule has 5 nitrogen and oxygen atoms in total. The molecule has 138 valence electrons. The van der Waals surface area contributed by atoms with Crippen LogP contribution in [0.4, 0.5) is 10.1 Å². The Balaban J connectivity index is 1.90. The lowest BCUT2D eigenvalue weighted by Crippen LogP contribution is -2.52. The van der Waals surface area contributed by atoms with Gasteiger partial charge >= 0.3 is 0 Å². The number of rotatable bonds is 6. The maximum atomic E-state index is 13.1. The normalized spacial score (nSPS) is 15.7. The molecule has 3 rings (SSSR count). The number of hydrogen-bond acceptors (Lipinski definition) is 4. The van der Waals surface area contributed by atoms with Gasteiger partial charge in [0.2, 0.25) is 5.88 Å². The number of halogens is 2. The first kappa shape index (κ1) is 18.6. The number of pyridine rings is 1. The Morgan fingerprint density at radius 3 is 2.77 bits per heavy atom. The Morgan fingerprint density at radius 1 is 1.42 bits per heavy atom. The minimum atomic E-state index is -0.680. The van der Waals surface area contributed by atoms with Gasteiger partial charge in [0.05, 0.1) is 36.5 Å². The van der Waals surface area contributed by atoms with Crippen LogP contribution in [0.25, 0.3) is 0 Å². The summed E-state index contributed by atoms with van der Waals surface area (Å²) in [5.74, 6) is -0.0633. The summed E-state index contributed by atoms with van der Waals surface area (Å²) in [6, 6.07) is 6.61. The third-order valence-electron chi connectivity index (χ3n) is 4.35. The predicted molar refractivity (Wildman–Crippen MR) is 100.0 cm³/mol. The van der Waals surface area contributed by atoms with Gasteiger partial charge in [0.25, 0.3) is 0 Å². The molecule has 26 heavy (non-hydrogen) atoms. The van der Waals surface area contributed by atoms with Crippen LogP contribution in [0, 0.1) is 12.7 Å². The first-order valence-corrected chi connectivity index (χ1v) is 8.75. The van der Waals surface area contributed by atoms with Crippen LogP contribution in [0.15, 0.2) is 35.5 Å². The van der Waals surface area contributed by atoms with Gasteiger partial charge in [-0.3, -0.25) is 0 Å². The van der Waals surface area contributed by atoms with Crippen molar-refractivity contribution in [1.29, 1.82) is 0 Å². The minimum Gasteiger partial charge on any atom is -0.461 e. The Morgan fingerprint density at radius 2 is 2.19 bits per heavy atom. The van der Waals surface area contributed by atoms with E-state index in [1.54, 1.807) is 6.34 Å². The smallest absolute Gasteiger partial charge is 0.214 e. The van der Waals surface area contributed by atoms with Crippen molar-refractivity contribution in [2.24, 2.45) is 4.99 Å². The van der Waals surface area contributed by atoms with E-state index < -0.39 is 11.4 Å². The molecule has 0 radical (unpaired) electrons. The van der Waals surface area contributed by atoms with E-state index in [2.05, 4.69) is 9.98 Å². The molecule has 2 heterocycles. The topological polar surface area (TPSA) is 47.0 Å². The molecule has 0 spiro atoms. The van der Waals surface area contributed by atoms with Crippen molar-refractivity contribution < 1.29 is 13.9 Å². The van der Waals surface area contributed by atoms with E-state index in [0.29, 0.717) is 29.8 Å². The molecule has 0 unspecified atom stereocenters. The highest BCUT2D eigenvalue weighted by molar-refractivity contribution is 6.33. The number of aryl methyl sites for hydroxylation is 1. The van der Waals surface area contributed by atoms with E-state index in [4.69, 9.17) is 21.1 Å². The van der Waals surface area contributed by atoms with Gasteiger partial charge in [-0.1, -0.05) is 11.6 Å². The molecular formula is C19H21ClFN3O2. The van der Waals surface area contributed by atoms with Gasteiger partial charge < -0.3 is 14.4 Å². The Bertz CT molecular complexity index is 807. The number of ether oxygens (including phenoxy) is 2. The molecule has 1 aromatic carbocycles. The average Bonchev–Trinajstić information content (AvgIpc) is 2.60. The second kappa shape index (κ2) is 7.60. The highest BCUT2D eigenvalue weighted by atomic mass is 35.5. The summed E-state index contributed by atoms with van der Waals surface area (Å²) in [7, 11) is 1.95. The van der Waals surface area contributed by atoms with E-state index in [-0.39, 0.29) is 0 Å². The van der Waals surface area contributed by atoms with Crippen molar-refractivity contribution in [1.82, 2.24) is 9.88 Å². The van der Waals surface area contributed by atoms with Crippen LogP contribution in [-0.4, -0.2) is 43.0 Å². The molecule has 0 atom stereocenters. The number of aromatic nitrogens is 1. The Hall–Kier alpha value is -2.18. The zero-order chi connectivity index (χ0) is 18.7. The van der Waals surface area contributed by atoms with E-state index in [9.17, 15) is 4.39 Å². The molecule has 0 N–H and O–H groups in total. The van der Waals surface area contributed by atoms with E-state index in [1.165, 1.54) is 12.1 Å². The first-order valence-electron chi connectivity index (χ1n) is 8.37. The van der Waals surface area contributed by atoms with Crippen LogP contribution in [0.2, 0.25) is 5.02 Å². The maximum absolute atomic E-state index is 13.1. The van der Waals surface area contributed by atoms with Crippen molar-refractivity contribution >= 4 is 23.6 Å². The number of nitrogens with zero attached hydrogens (tertiary/aromatic N) is 3. The summed E-state index contributed by atoms with van der Waals surface area (Å²) in [5.41, 5.74) is 1.93. The van der Waals surface area contributed by atoms with Gasteiger partial charge in [-0.15, -0.1) is 0 Å². The van der Waals surface area contributed by atoms with Gasteiger partial charge in [-0.2, -0.15) is 0 Å². The Labute approximate surface area is 157 Å². The Kier molecular flexibility index (Phi) is 5.44. The van der Waals surface area contributed by atoms with Crippen LogP contribution >= 0.6 is 11.6 Å². The average molecular weight is 378 g/mol. The SMILES string of the molecule is CCN(C)C=Nc1cc(C)c(C2(Oc3ccc(F)cn3)COC2)cc1Cl. The van der Waals surface area contributed by atoms with E-state index in [1.807, 2.05) is 37.9 Å². The van der Waals surface area contributed by atoms with Gasteiger partial charge in [-0.25, -0.2) is 14.4 Å². The first-order chi connectivity index (χ1) is 12.4. The lowest BCUT2D eigenvalue weighted by Gasteiger charge is -2.42. The monoisotopic (exact) mass is 377 g/mol. The summed E-state index contributed by atoms with van der Waals surface area (Å²) >= 11 is 6.45. The fourth-order valence-corrected chi connectivity index (χ4v) is 2.89. The molecule has 1 aliphatic rings. The molecule has 7 heteroatoms. The zero-order valence-corrected chi connectivity index (χ0v) is 15.8. The molecule has 0 saturated carbocycles. The van der Waals surface area contributed by atoms with Gasteiger partial charge in [-0.05, 0) is 37.6 Å². The molecule has 1 aliphatic heterocycles. The molecule has 1 fully saturated rings. The van der Waals surface area contributed by atoms with E-state index in [0.717, 1.165) is 23.9 Å². The molecule has 0 bridgehead atoms. The largest absolute Gasteiger partial charge is 0.461 e. The van der Waals surface area contributed by atoms with Crippen molar-refractivity contribution in [2.75, 3.05) is 26.8 Å². The summed E-state index contributed by atoms with van der Waals surface area (Å²) in [5, 5.41) is 0.535. The van der Waals surface area contributed by atoms with Crippen LogP contribution in [-0.2, 0) is 10.3 Å². The molecule has 2 aromatic rings. The second-order valence-corrected chi connectivity index (χ2v) is 6.75. The fourth-order valence-electron chi connectivity index (χ4n) is 2.68. The molecule has 1 aromatic heterocycles. The van der Waals surface area contributed by atoms with Crippen LogP contribution in [0.1, 0.15) is 18.1 Å². The van der Waals surface area contributed by atoms with Crippen molar-refractivity contribution in [3.63, 3.8) is 0 Å². The van der Waals surface area contributed by atoms with Gasteiger partial charge in [0, 0.05) is 25.2 Å². The highest BCUT2D eigenvalue weighted by Crippen LogP contribution is 2.40. The zero-order valence-electron chi connectivity index (χ0n) is 15.0. The van der Waals surface area contributed by atoms with Crippen LogP contribution in [0.3, 0.4) is 0 Å². The van der Waals surface area contributed by atoms with Crippen molar-refractivity contribution in [2.45, 2.75) is 19.4 Å². The fraction of sp³-hybridized carbons (Fsp3) is 0.368. The number of aliphatic imine (C=N–C) groups is 1. The van der Waals surface area contributed by atoms with E-state index >= 15 is 0 Å². The van der Waals surface area contributed by atoms with Crippen molar-refractivity contribution in [3.8, 4) is 5.88 Å². The lowest BCUT2D eigenvalue weighted by molar-refractivity contribution is -0.169. The van der Waals surface area contributed by atoms with Gasteiger partial charge in [0.15, 0.2) is 5.60 Å². The summed E-state index contributed by atoms with van der Waals surface area (Å²) in [4.78, 5) is 10.4. The second-order valence-electron chi connectivity index (χ2n) is 6.34. The maximum Gasteiger partial charge on any atom is 0.214 e. The number of hydrogen-bond donors (Lipinski definition) is 0. The van der Waals surface area contributed by atoms with Crippen LogP contribution < -0.4 is 4.74 Å². The minimum absolute atomic E-state index is 0.344.